The SMILES string of the molecule is CCCS(=O)(=O)Nc1ccc(F)c(C(=O)c2c[nH]c3ncc(N4CCN(C)CC4)cc23)c1F. The van der Waals surface area contributed by atoms with E-state index in [1.54, 1.807) is 19.2 Å². The zero-order valence-electron chi connectivity index (χ0n) is 18.4. The molecule has 4 rings (SSSR count). The van der Waals surface area contributed by atoms with Crippen LogP contribution in [0.5, 0.6) is 0 Å². The molecule has 1 fully saturated rings. The molecule has 176 valence electrons. The summed E-state index contributed by atoms with van der Waals surface area (Å²) in [5.74, 6) is -3.45. The first kappa shape index (κ1) is 23.1. The Labute approximate surface area is 190 Å². The molecule has 0 unspecified atom stereocenters. The van der Waals surface area contributed by atoms with Crippen LogP contribution in [0.3, 0.4) is 0 Å². The molecule has 8 nitrogen and oxygen atoms in total. The van der Waals surface area contributed by atoms with Gasteiger partial charge in [0, 0.05) is 43.3 Å². The van der Waals surface area contributed by atoms with Gasteiger partial charge in [0.1, 0.15) is 11.5 Å². The lowest BCUT2D eigenvalue weighted by molar-refractivity contribution is 0.103. The predicted molar refractivity (Wildman–Crippen MR) is 123 cm³/mol. The van der Waals surface area contributed by atoms with Crippen molar-refractivity contribution in [3.63, 3.8) is 0 Å². The summed E-state index contributed by atoms with van der Waals surface area (Å²) in [6.45, 7) is 5.01. The maximum absolute atomic E-state index is 15.1. The largest absolute Gasteiger partial charge is 0.368 e. The average molecular weight is 478 g/mol. The molecule has 3 heterocycles. The first-order chi connectivity index (χ1) is 15.7. The van der Waals surface area contributed by atoms with E-state index in [4.69, 9.17) is 0 Å². The number of hydrogen-bond acceptors (Lipinski definition) is 6. The van der Waals surface area contributed by atoms with Crippen molar-refractivity contribution in [2.75, 3.05) is 48.6 Å². The van der Waals surface area contributed by atoms with Crippen molar-refractivity contribution >= 4 is 38.2 Å². The maximum Gasteiger partial charge on any atom is 0.232 e. The number of ketones is 1. The number of H-pyrrole nitrogens is 1. The highest BCUT2D eigenvalue weighted by Crippen LogP contribution is 2.29. The Bertz CT molecular complexity index is 1300. The summed E-state index contributed by atoms with van der Waals surface area (Å²) in [6, 6.07) is 3.63. The molecule has 0 bridgehead atoms. The van der Waals surface area contributed by atoms with Gasteiger partial charge in [0.2, 0.25) is 15.8 Å². The lowest BCUT2D eigenvalue weighted by Crippen LogP contribution is -2.44. The number of pyridine rings is 1. The number of fused-ring (bicyclic) bond motifs is 1. The number of aromatic amines is 1. The number of benzene rings is 1. The van der Waals surface area contributed by atoms with Crippen molar-refractivity contribution in [2.24, 2.45) is 0 Å². The lowest BCUT2D eigenvalue weighted by atomic mass is 10.0. The number of piperazine rings is 1. The number of halogens is 2. The third-order valence-electron chi connectivity index (χ3n) is 5.69. The molecule has 2 aromatic heterocycles. The van der Waals surface area contributed by atoms with Gasteiger partial charge >= 0.3 is 0 Å². The number of hydrogen-bond donors (Lipinski definition) is 2. The highest BCUT2D eigenvalue weighted by atomic mass is 32.2. The Kier molecular flexibility index (Phi) is 6.35. The fourth-order valence-electron chi connectivity index (χ4n) is 3.88. The molecule has 0 amide bonds. The first-order valence-corrected chi connectivity index (χ1v) is 12.3. The van der Waals surface area contributed by atoms with Crippen LogP contribution >= 0.6 is 0 Å². The number of sulfonamides is 1. The van der Waals surface area contributed by atoms with Gasteiger partial charge in [-0.3, -0.25) is 9.52 Å². The summed E-state index contributed by atoms with van der Waals surface area (Å²) in [5, 5.41) is 0.437. The molecule has 1 saturated heterocycles. The molecule has 11 heteroatoms. The molecule has 0 saturated carbocycles. The molecule has 1 aromatic carbocycles. The number of nitrogens with zero attached hydrogens (tertiary/aromatic N) is 3. The highest BCUT2D eigenvalue weighted by Gasteiger charge is 2.26. The minimum absolute atomic E-state index is 0.0554. The van der Waals surface area contributed by atoms with Crippen molar-refractivity contribution in [2.45, 2.75) is 13.3 Å². The van der Waals surface area contributed by atoms with Crippen LogP contribution in [0.25, 0.3) is 11.0 Å². The van der Waals surface area contributed by atoms with Crippen LogP contribution in [-0.4, -0.2) is 68.0 Å². The normalized spacial score (nSPS) is 15.2. The van der Waals surface area contributed by atoms with Crippen LogP contribution in [0.2, 0.25) is 0 Å². The van der Waals surface area contributed by atoms with Crippen LogP contribution in [0.4, 0.5) is 20.2 Å². The van der Waals surface area contributed by atoms with Gasteiger partial charge in [-0.25, -0.2) is 22.2 Å². The van der Waals surface area contributed by atoms with Gasteiger partial charge in [-0.15, -0.1) is 0 Å². The smallest absolute Gasteiger partial charge is 0.232 e. The van der Waals surface area contributed by atoms with E-state index in [0.29, 0.717) is 17.5 Å². The Hall–Kier alpha value is -3.05. The number of carbonyl (C=O) groups is 1. The molecule has 33 heavy (non-hydrogen) atoms. The maximum atomic E-state index is 15.1. The van der Waals surface area contributed by atoms with Gasteiger partial charge in [-0.2, -0.15) is 0 Å². The summed E-state index contributed by atoms with van der Waals surface area (Å²) >= 11 is 0. The number of rotatable bonds is 7. The molecular formula is C22H25F2N5O3S. The summed E-state index contributed by atoms with van der Waals surface area (Å²) in [5.41, 5.74) is -0.00940. The Morgan fingerprint density at radius 1 is 1.21 bits per heavy atom. The number of carbonyl (C=O) groups excluding carboxylic acids is 1. The molecule has 3 aromatic rings. The quantitative estimate of drug-likeness (QED) is 0.508. The van der Waals surface area contributed by atoms with Gasteiger partial charge in [-0.1, -0.05) is 6.92 Å². The van der Waals surface area contributed by atoms with E-state index in [9.17, 15) is 17.6 Å². The van der Waals surface area contributed by atoms with E-state index in [-0.39, 0.29) is 11.3 Å². The zero-order valence-corrected chi connectivity index (χ0v) is 19.2. The molecule has 1 aliphatic rings. The molecule has 2 N–H and O–H groups in total. The van der Waals surface area contributed by atoms with Crippen LogP contribution in [0.1, 0.15) is 29.3 Å². The number of likely N-dealkylation sites (N-methyl/N-ethyl adjacent to an activating group) is 1. The van der Waals surface area contributed by atoms with Crippen molar-refractivity contribution in [1.82, 2.24) is 14.9 Å². The molecule has 1 aliphatic heterocycles. The van der Waals surface area contributed by atoms with E-state index >= 15 is 4.39 Å². The summed E-state index contributed by atoms with van der Waals surface area (Å²) in [7, 11) is -1.78. The number of nitrogens with one attached hydrogen (secondary N) is 2. The van der Waals surface area contributed by atoms with E-state index < -0.39 is 38.7 Å². The number of aromatic nitrogens is 2. The molecule has 0 spiro atoms. The average Bonchev–Trinajstić information content (AvgIpc) is 3.19. The highest BCUT2D eigenvalue weighted by molar-refractivity contribution is 7.92. The van der Waals surface area contributed by atoms with Crippen LogP contribution < -0.4 is 9.62 Å². The predicted octanol–water partition coefficient (Wildman–Crippen LogP) is 2.98. The Morgan fingerprint density at radius 3 is 2.64 bits per heavy atom. The van der Waals surface area contributed by atoms with Gasteiger partial charge in [0.05, 0.1) is 28.9 Å². The molecular weight excluding hydrogens is 452 g/mol. The molecule has 0 atom stereocenters. The van der Waals surface area contributed by atoms with Crippen molar-refractivity contribution in [1.29, 1.82) is 0 Å². The molecule has 0 radical (unpaired) electrons. The van der Waals surface area contributed by atoms with Gasteiger partial charge in [0.15, 0.2) is 5.82 Å². The van der Waals surface area contributed by atoms with E-state index in [2.05, 4.69) is 24.5 Å². The van der Waals surface area contributed by atoms with Crippen molar-refractivity contribution in [3.05, 3.63) is 53.4 Å². The molecule has 0 aliphatic carbocycles. The Morgan fingerprint density at radius 2 is 1.94 bits per heavy atom. The summed E-state index contributed by atoms with van der Waals surface area (Å²) in [6.07, 6.45) is 3.38. The van der Waals surface area contributed by atoms with Gasteiger partial charge in [-0.05, 0) is 31.7 Å². The fraction of sp³-hybridized carbons (Fsp3) is 0.364. The minimum Gasteiger partial charge on any atom is -0.368 e. The van der Waals surface area contributed by atoms with Gasteiger partial charge in [0.25, 0.3) is 0 Å². The zero-order chi connectivity index (χ0) is 23.8. The van der Waals surface area contributed by atoms with Crippen LogP contribution in [-0.2, 0) is 10.0 Å². The second-order valence-corrected chi connectivity index (χ2v) is 9.96. The van der Waals surface area contributed by atoms with Crippen LogP contribution in [0.15, 0.2) is 30.6 Å². The number of anilines is 2. The van der Waals surface area contributed by atoms with E-state index in [1.165, 1.54) is 6.20 Å². The second kappa shape index (κ2) is 9.06. The van der Waals surface area contributed by atoms with Crippen LogP contribution in [0, 0.1) is 11.6 Å². The van der Waals surface area contributed by atoms with Gasteiger partial charge < -0.3 is 14.8 Å². The standard InChI is InChI=1S/C22H25F2N5O3S/c1-3-10-33(31,32)27-18-5-4-17(23)19(20(18)24)21(30)16-13-26-22-15(16)11-14(12-25-22)29-8-6-28(2)7-9-29/h4-5,11-13,27H,3,6-10H2,1-2H3,(H,25,26). The monoisotopic (exact) mass is 477 g/mol. The lowest BCUT2D eigenvalue weighted by Gasteiger charge is -2.33. The van der Waals surface area contributed by atoms with E-state index in [0.717, 1.165) is 44.0 Å². The van der Waals surface area contributed by atoms with Crippen molar-refractivity contribution in [3.8, 4) is 0 Å². The third kappa shape index (κ3) is 4.69. The third-order valence-corrected chi connectivity index (χ3v) is 7.16. The Balaban J connectivity index is 1.71. The summed E-state index contributed by atoms with van der Waals surface area (Å²) < 4.78 is 55.9. The fourth-order valence-corrected chi connectivity index (χ4v) is 5.01. The second-order valence-electron chi connectivity index (χ2n) is 8.12. The minimum atomic E-state index is -3.82. The van der Waals surface area contributed by atoms with E-state index in [1.807, 2.05) is 7.05 Å². The van der Waals surface area contributed by atoms with Crippen molar-refractivity contribution < 1.29 is 22.0 Å². The summed E-state index contributed by atoms with van der Waals surface area (Å²) in [4.78, 5) is 24.8. The topological polar surface area (TPSA) is 98.4 Å². The first-order valence-electron chi connectivity index (χ1n) is 10.6.